The van der Waals surface area contributed by atoms with E-state index in [0.717, 1.165) is 45.7 Å². The van der Waals surface area contributed by atoms with Crippen molar-refractivity contribution in [3.05, 3.63) is 108 Å². The number of benzene rings is 4. The number of sulfonamides is 1. The van der Waals surface area contributed by atoms with E-state index in [2.05, 4.69) is 56.6 Å². The number of carbonyl (C=O) groups is 1. The second-order valence-corrected chi connectivity index (χ2v) is 15.0. The number of esters is 1. The average molecular weight is 640 g/mol. The van der Waals surface area contributed by atoms with E-state index in [4.69, 9.17) is 4.74 Å². The minimum absolute atomic E-state index is 0.239. The maximum absolute atomic E-state index is 13.0. The lowest BCUT2D eigenvalue weighted by molar-refractivity contribution is 0.0599. The molecule has 4 aromatic rings. The zero-order valence-corrected chi connectivity index (χ0v) is 28.8. The minimum atomic E-state index is -3.52. The third-order valence-corrected chi connectivity index (χ3v) is 10.1. The number of hydrogen-bond donors (Lipinski definition) is 0. The molecule has 242 valence electrons. The van der Waals surface area contributed by atoms with Crippen molar-refractivity contribution in [1.29, 1.82) is 0 Å². The van der Waals surface area contributed by atoms with Crippen molar-refractivity contribution in [2.24, 2.45) is 0 Å². The highest BCUT2D eigenvalue weighted by Gasteiger charge is 2.32. The molecule has 0 aliphatic carbocycles. The molecular weight excluding hydrogens is 595 g/mol. The van der Waals surface area contributed by atoms with Gasteiger partial charge in [0.1, 0.15) is 0 Å². The van der Waals surface area contributed by atoms with Crippen LogP contribution in [0.2, 0.25) is 0 Å². The quantitative estimate of drug-likeness (QED) is 0.163. The van der Waals surface area contributed by atoms with Crippen molar-refractivity contribution < 1.29 is 17.9 Å². The number of nitrogens with zero attached hydrogens (tertiary/aromatic N) is 3. The van der Waals surface area contributed by atoms with Gasteiger partial charge in [-0.1, -0.05) is 88.4 Å². The van der Waals surface area contributed by atoms with E-state index in [1.54, 1.807) is 0 Å². The van der Waals surface area contributed by atoms with Crippen LogP contribution in [0.4, 0.5) is 22.7 Å². The molecule has 0 N–H and O–H groups in total. The maximum Gasteiger partial charge on any atom is 0.338 e. The molecule has 1 aliphatic rings. The third kappa shape index (κ3) is 6.77. The number of fused-ring (bicyclic) bond motifs is 1. The number of rotatable bonds is 10. The van der Waals surface area contributed by atoms with E-state index >= 15 is 0 Å². The fourth-order valence-electron chi connectivity index (χ4n) is 6.17. The lowest BCUT2D eigenvalue weighted by Crippen LogP contribution is -2.34. The fourth-order valence-corrected chi connectivity index (χ4v) is 7.09. The Hall–Kier alpha value is -4.30. The Labute approximate surface area is 274 Å². The highest BCUT2D eigenvalue weighted by Crippen LogP contribution is 2.45. The predicted octanol–water partition coefficient (Wildman–Crippen LogP) is 8.16. The van der Waals surface area contributed by atoms with Crippen molar-refractivity contribution in [1.82, 2.24) is 0 Å². The Morgan fingerprint density at radius 2 is 1.63 bits per heavy atom. The van der Waals surface area contributed by atoms with Crippen LogP contribution in [0.3, 0.4) is 0 Å². The second kappa shape index (κ2) is 13.2. The van der Waals surface area contributed by atoms with Gasteiger partial charge in [-0.2, -0.15) is 0 Å². The first-order chi connectivity index (χ1) is 21.8. The van der Waals surface area contributed by atoms with Crippen LogP contribution in [0.1, 0.15) is 62.5 Å². The van der Waals surface area contributed by atoms with E-state index in [0.29, 0.717) is 36.9 Å². The minimum Gasteiger partial charge on any atom is -0.465 e. The number of anilines is 4. The summed E-state index contributed by atoms with van der Waals surface area (Å²) in [6, 6.07) is 30.4. The van der Waals surface area contributed by atoms with Crippen LogP contribution in [-0.4, -0.2) is 47.0 Å². The highest BCUT2D eigenvalue weighted by atomic mass is 32.2. The molecule has 4 aromatic carbocycles. The molecule has 0 fully saturated rings. The standard InChI is InChI=1S/C38H45N3O4S/c1-8-27(2)39-26-40(30-19-17-29(18-20-30)32-15-12-16-33(38(3,4)5)36(32)37(42)45-6)35-25-31(21-22-34(35)39)41(46(7,43)44)24-23-28-13-10-9-11-14-28/h9-22,25,27H,8,23-24,26H2,1-7H3. The topological polar surface area (TPSA) is 70.2 Å². The molecule has 0 aromatic heterocycles. The molecule has 0 saturated carbocycles. The number of ether oxygens (including phenoxy) is 1. The van der Waals surface area contributed by atoms with Gasteiger partial charge in [0.15, 0.2) is 0 Å². The summed E-state index contributed by atoms with van der Waals surface area (Å²) in [6.45, 7) is 11.7. The SMILES string of the molecule is CCC(C)N1CN(c2ccc(-c3cccc(C(C)(C)C)c3C(=O)OC)cc2)c2cc(N(CCc3ccccc3)S(C)(=O)=O)ccc21. The molecule has 8 heteroatoms. The average Bonchev–Trinajstić information content (AvgIpc) is 3.42. The first kappa shape index (κ1) is 33.1. The van der Waals surface area contributed by atoms with Gasteiger partial charge in [-0.15, -0.1) is 0 Å². The van der Waals surface area contributed by atoms with Crippen molar-refractivity contribution in [2.45, 2.75) is 58.9 Å². The fraction of sp³-hybridized carbons (Fsp3) is 0.342. The van der Waals surface area contributed by atoms with Crippen molar-refractivity contribution >= 4 is 38.7 Å². The van der Waals surface area contributed by atoms with Crippen LogP contribution in [-0.2, 0) is 26.6 Å². The smallest absolute Gasteiger partial charge is 0.338 e. The molecule has 1 aliphatic heterocycles. The molecule has 5 rings (SSSR count). The molecule has 46 heavy (non-hydrogen) atoms. The van der Waals surface area contributed by atoms with Gasteiger partial charge >= 0.3 is 5.97 Å². The van der Waals surface area contributed by atoms with Crippen molar-refractivity contribution in [2.75, 3.05) is 40.7 Å². The lowest BCUT2D eigenvalue weighted by atomic mass is 9.81. The summed E-state index contributed by atoms with van der Waals surface area (Å²) in [6.07, 6.45) is 2.85. The summed E-state index contributed by atoms with van der Waals surface area (Å²) in [4.78, 5) is 17.6. The van der Waals surface area contributed by atoms with E-state index in [1.165, 1.54) is 17.7 Å². The van der Waals surface area contributed by atoms with Gasteiger partial charge in [0, 0.05) is 18.3 Å². The van der Waals surface area contributed by atoms with Crippen LogP contribution in [0.25, 0.3) is 11.1 Å². The first-order valence-corrected chi connectivity index (χ1v) is 17.7. The van der Waals surface area contributed by atoms with Gasteiger partial charge in [0.05, 0.1) is 42.7 Å². The lowest BCUT2D eigenvalue weighted by Gasteiger charge is -2.27. The van der Waals surface area contributed by atoms with Crippen molar-refractivity contribution in [3.8, 4) is 11.1 Å². The van der Waals surface area contributed by atoms with Gasteiger partial charge in [0.25, 0.3) is 0 Å². The summed E-state index contributed by atoms with van der Waals surface area (Å²) in [5, 5.41) is 0. The predicted molar refractivity (Wildman–Crippen MR) is 190 cm³/mol. The Morgan fingerprint density at radius 3 is 2.24 bits per heavy atom. The van der Waals surface area contributed by atoms with Crippen LogP contribution in [0.15, 0.2) is 91.0 Å². The number of methoxy groups -OCH3 is 1. The van der Waals surface area contributed by atoms with E-state index in [1.807, 2.05) is 78.9 Å². The monoisotopic (exact) mass is 639 g/mol. The number of carbonyl (C=O) groups excluding carboxylic acids is 1. The molecule has 0 bridgehead atoms. The Kier molecular flexibility index (Phi) is 9.49. The largest absolute Gasteiger partial charge is 0.465 e. The van der Waals surface area contributed by atoms with E-state index < -0.39 is 10.0 Å². The normalized spacial score (nSPS) is 13.8. The summed E-state index contributed by atoms with van der Waals surface area (Å²) < 4.78 is 32.8. The van der Waals surface area contributed by atoms with Crippen molar-refractivity contribution in [3.63, 3.8) is 0 Å². The van der Waals surface area contributed by atoms with Crippen LogP contribution in [0.5, 0.6) is 0 Å². The zero-order valence-electron chi connectivity index (χ0n) is 27.9. The van der Waals surface area contributed by atoms with Gasteiger partial charge < -0.3 is 14.5 Å². The first-order valence-electron chi connectivity index (χ1n) is 15.9. The van der Waals surface area contributed by atoms with Crippen LogP contribution in [0, 0.1) is 0 Å². The van der Waals surface area contributed by atoms with Gasteiger partial charge in [-0.05, 0) is 77.8 Å². The molecule has 1 heterocycles. The Balaban J connectivity index is 1.53. The van der Waals surface area contributed by atoms with E-state index in [-0.39, 0.29) is 11.4 Å². The Morgan fingerprint density at radius 1 is 0.935 bits per heavy atom. The molecule has 7 nitrogen and oxygen atoms in total. The second-order valence-electron chi connectivity index (χ2n) is 13.1. The third-order valence-electron chi connectivity index (χ3n) is 8.86. The summed E-state index contributed by atoms with van der Waals surface area (Å²) in [7, 11) is -2.10. The highest BCUT2D eigenvalue weighted by molar-refractivity contribution is 7.92. The summed E-state index contributed by atoms with van der Waals surface area (Å²) in [5.74, 6) is -0.350. The molecule has 0 saturated heterocycles. The van der Waals surface area contributed by atoms with Gasteiger partial charge in [-0.25, -0.2) is 13.2 Å². The van der Waals surface area contributed by atoms with Crippen LogP contribution >= 0.6 is 0 Å². The van der Waals surface area contributed by atoms with Gasteiger partial charge in [-0.3, -0.25) is 4.31 Å². The molecule has 1 unspecified atom stereocenters. The summed E-state index contributed by atoms with van der Waals surface area (Å²) in [5.41, 5.74) is 7.79. The van der Waals surface area contributed by atoms with Crippen LogP contribution < -0.4 is 14.1 Å². The molecule has 0 radical (unpaired) electrons. The molecule has 0 spiro atoms. The molecule has 0 amide bonds. The number of hydrogen-bond acceptors (Lipinski definition) is 6. The zero-order chi connectivity index (χ0) is 33.2. The summed E-state index contributed by atoms with van der Waals surface area (Å²) >= 11 is 0. The Bertz CT molecular complexity index is 1800. The maximum atomic E-state index is 13.0. The van der Waals surface area contributed by atoms with Gasteiger partial charge in [0.2, 0.25) is 10.0 Å². The molecule has 1 atom stereocenters. The molecular formula is C38H45N3O4S. The van der Waals surface area contributed by atoms with E-state index in [9.17, 15) is 13.2 Å².